The zero-order valence-electron chi connectivity index (χ0n) is 21.0. The van der Waals surface area contributed by atoms with Gasteiger partial charge in [-0.2, -0.15) is 0 Å². The zero-order valence-corrected chi connectivity index (χ0v) is 21.0. The van der Waals surface area contributed by atoms with Gasteiger partial charge in [-0.1, -0.05) is 77.6 Å². The molecule has 0 saturated heterocycles. The Morgan fingerprint density at radius 1 is 0.706 bits per heavy atom. The van der Waals surface area contributed by atoms with E-state index in [9.17, 15) is 24.0 Å². The topological polar surface area (TPSA) is 178 Å². The number of hydrogen-bond donors (Lipinski definition) is 5. The summed E-state index contributed by atoms with van der Waals surface area (Å²) < 4.78 is 0. The van der Waals surface area contributed by atoms with Gasteiger partial charge in [0.15, 0.2) is 0 Å². The van der Waals surface area contributed by atoms with Crippen LogP contribution in [-0.4, -0.2) is 62.7 Å². The normalized spacial score (nSPS) is 10.6. The number of carbonyl (C=O) groups excluding carboxylic acids is 2. The van der Waals surface area contributed by atoms with E-state index < -0.39 is 29.8 Å². The lowest BCUT2D eigenvalue weighted by molar-refractivity contribution is -0.148. The molecule has 0 aliphatic carbocycles. The summed E-state index contributed by atoms with van der Waals surface area (Å²) in [5.74, 6) is -4.45. The molecule has 0 radical (unpaired) electrons. The maximum atomic E-state index is 11.3. The number of carbonyl (C=O) groups is 5. The van der Waals surface area contributed by atoms with Crippen LogP contribution in [0, 0.1) is 0 Å². The van der Waals surface area contributed by atoms with Crippen LogP contribution in [0.5, 0.6) is 0 Å². The van der Waals surface area contributed by atoms with E-state index in [4.69, 9.17) is 20.4 Å². The van der Waals surface area contributed by atoms with Gasteiger partial charge in [0.25, 0.3) is 0 Å². The van der Waals surface area contributed by atoms with Crippen molar-refractivity contribution in [1.29, 1.82) is 0 Å². The van der Waals surface area contributed by atoms with Gasteiger partial charge < -0.3 is 25.7 Å². The van der Waals surface area contributed by atoms with Crippen LogP contribution in [0.15, 0.2) is 0 Å². The van der Waals surface area contributed by atoms with Crippen molar-refractivity contribution in [2.45, 2.75) is 117 Å². The third-order valence-electron chi connectivity index (χ3n) is 4.58. The monoisotopic (exact) mass is 491 g/mol. The highest BCUT2D eigenvalue weighted by atomic mass is 16.4. The van der Waals surface area contributed by atoms with Crippen LogP contribution in [-0.2, 0) is 24.0 Å². The van der Waals surface area contributed by atoms with Crippen LogP contribution in [0.1, 0.15) is 111 Å². The van der Waals surface area contributed by atoms with Crippen LogP contribution < -0.4 is 5.32 Å². The van der Waals surface area contributed by atoms with E-state index >= 15 is 0 Å². The molecule has 0 aromatic rings. The predicted octanol–water partition coefficient (Wildman–Crippen LogP) is 3.78. The molecule has 10 nitrogen and oxygen atoms in total. The lowest BCUT2D eigenvalue weighted by Gasteiger charge is -2.05. The molecule has 0 saturated carbocycles. The van der Waals surface area contributed by atoms with Crippen LogP contribution in [0.25, 0.3) is 0 Å². The summed E-state index contributed by atoms with van der Waals surface area (Å²) in [4.78, 5) is 49.9. The van der Waals surface area contributed by atoms with Gasteiger partial charge in [-0.3, -0.25) is 14.4 Å². The van der Waals surface area contributed by atoms with Gasteiger partial charge in [-0.05, 0) is 13.3 Å². The summed E-state index contributed by atoms with van der Waals surface area (Å²) >= 11 is 0. The second-order valence-electron chi connectivity index (χ2n) is 8.01. The Morgan fingerprint density at radius 2 is 1.06 bits per heavy atom. The highest BCUT2D eigenvalue weighted by Crippen LogP contribution is 2.11. The first-order valence-corrected chi connectivity index (χ1v) is 12.1. The molecule has 34 heavy (non-hydrogen) atoms. The Kier molecular flexibility index (Phi) is 28.4. The minimum Gasteiger partial charge on any atom is -0.481 e. The summed E-state index contributed by atoms with van der Waals surface area (Å²) in [5, 5.41) is 34.6. The van der Waals surface area contributed by atoms with Crippen LogP contribution in [0.2, 0.25) is 0 Å². The third kappa shape index (κ3) is 36.9. The Labute approximate surface area is 203 Å². The minimum absolute atomic E-state index is 0.0791. The number of aliphatic hydroxyl groups excluding tert-OH is 1. The summed E-state index contributed by atoms with van der Waals surface area (Å²) in [6, 6.07) is 0. The van der Waals surface area contributed by atoms with Gasteiger partial charge in [-0.15, -0.1) is 0 Å². The second-order valence-corrected chi connectivity index (χ2v) is 8.01. The van der Waals surface area contributed by atoms with Gasteiger partial charge in [0.1, 0.15) is 6.10 Å². The van der Waals surface area contributed by atoms with Gasteiger partial charge >= 0.3 is 17.9 Å². The number of unbranched alkanes of at least 4 members (excludes halogenated alkanes) is 11. The summed E-state index contributed by atoms with van der Waals surface area (Å²) in [7, 11) is 0. The average molecular weight is 492 g/mol. The molecule has 0 aromatic heterocycles. The SMILES string of the molecule is CC(=O)C(=O)O.CC(O)C(=O)O.CCCCCCCCCCCCCCNC(=O)CCC(=O)O. The quantitative estimate of drug-likeness (QED) is 0.141. The molecule has 1 amide bonds. The minimum atomic E-state index is -1.38. The number of carboxylic acid groups (broad SMARTS) is 3. The first-order valence-electron chi connectivity index (χ1n) is 12.1. The van der Waals surface area contributed by atoms with Gasteiger partial charge in [0.2, 0.25) is 11.7 Å². The van der Waals surface area contributed by atoms with Gasteiger partial charge in [0.05, 0.1) is 6.42 Å². The van der Waals surface area contributed by atoms with Gasteiger partial charge in [0, 0.05) is 19.9 Å². The van der Waals surface area contributed by atoms with E-state index in [2.05, 4.69) is 12.2 Å². The highest BCUT2D eigenvalue weighted by molar-refractivity contribution is 6.31. The van der Waals surface area contributed by atoms with E-state index in [1.165, 1.54) is 71.1 Å². The molecule has 0 aromatic carbocycles. The lowest BCUT2D eigenvalue weighted by atomic mass is 10.1. The van der Waals surface area contributed by atoms with Crippen LogP contribution in [0.3, 0.4) is 0 Å². The molecule has 0 heterocycles. The molecule has 0 rings (SSSR count). The van der Waals surface area contributed by atoms with Crippen molar-refractivity contribution in [3.05, 3.63) is 0 Å². The zero-order chi connectivity index (χ0) is 26.8. The van der Waals surface area contributed by atoms with Crippen molar-refractivity contribution < 1.29 is 44.4 Å². The Morgan fingerprint density at radius 3 is 1.35 bits per heavy atom. The molecule has 200 valence electrons. The number of aliphatic hydroxyl groups is 1. The summed E-state index contributed by atoms with van der Waals surface area (Å²) in [5.41, 5.74) is 0. The van der Waals surface area contributed by atoms with Crippen molar-refractivity contribution >= 4 is 29.6 Å². The fourth-order valence-corrected chi connectivity index (χ4v) is 2.50. The second kappa shape index (κ2) is 26.8. The molecule has 0 fully saturated rings. The number of Topliss-reactive ketones (excluding diaryl/α,β-unsaturated/α-hetero) is 1. The van der Waals surface area contributed by atoms with E-state index in [1.807, 2.05) is 0 Å². The molecular formula is C24H45NO9. The Bertz CT molecular complexity index is 551. The molecule has 10 heteroatoms. The number of carboxylic acids is 3. The first-order chi connectivity index (χ1) is 15.9. The Hall–Kier alpha value is -2.49. The third-order valence-corrected chi connectivity index (χ3v) is 4.58. The fourth-order valence-electron chi connectivity index (χ4n) is 2.50. The first kappa shape index (κ1) is 36.1. The molecule has 1 atom stereocenters. The maximum Gasteiger partial charge on any atom is 0.371 e. The predicted molar refractivity (Wildman–Crippen MR) is 129 cm³/mol. The number of ketones is 1. The summed E-state index contributed by atoms with van der Waals surface area (Å²) in [6.45, 7) is 5.13. The standard InChI is InChI=1S/C18H35NO3.C3H6O3.C3H4O3/c1-2-3-4-5-6-7-8-9-10-11-12-13-16-19-17(20)14-15-18(21)22;2*1-2(4)3(5)6/h2-16H2,1H3,(H,19,20)(H,21,22);2,4H,1H3,(H,5,6);1H3,(H,5,6). The molecular weight excluding hydrogens is 446 g/mol. The smallest absolute Gasteiger partial charge is 0.371 e. The maximum absolute atomic E-state index is 11.3. The molecule has 0 aliphatic rings. The highest BCUT2D eigenvalue weighted by Gasteiger charge is 2.04. The van der Waals surface area contributed by atoms with E-state index in [1.54, 1.807) is 0 Å². The van der Waals surface area contributed by atoms with Gasteiger partial charge in [-0.25, -0.2) is 9.59 Å². The average Bonchev–Trinajstić information content (AvgIpc) is 2.76. The van der Waals surface area contributed by atoms with Crippen molar-refractivity contribution in [3.8, 4) is 0 Å². The number of hydrogen-bond acceptors (Lipinski definition) is 6. The lowest BCUT2D eigenvalue weighted by Crippen LogP contribution is -2.24. The van der Waals surface area contributed by atoms with E-state index in [0.29, 0.717) is 6.54 Å². The van der Waals surface area contributed by atoms with Crippen LogP contribution >= 0.6 is 0 Å². The molecule has 5 N–H and O–H groups in total. The number of nitrogens with one attached hydrogen (secondary N) is 1. The van der Waals surface area contributed by atoms with E-state index in [-0.39, 0.29) is 18.7 Å². The van der Waals surface area contributed by atoms with Crippen molar-refractivity contribution in [2.75, 3.05) is 6.54 Å². The van der Waals surface area contributed by atoms with Crippen molar-refractivity contribution in [2.24, 2.45) is 0 Å². The van der Waals surface area contributed by atoms with Crippen molar-refractivity contribution in [1.82, 2.24) is 5.32 Å². The molecule has 0 aliphatic heterocycles. The molecule has 0 bridgehead atoms. The largest absolute Gasteiger partial charge is 0.481 e. The van der Waals surface area contributed by atoms with Crippen molar-refractivity contribution in [3.63, 3.8) is 0 Å². The van der Waals surface area contributed by atoms with E-state index in [0.717, 1.165) is 19.8 Å². The number of amides is 1. The number of aliphatic carboxylic acids is 3. The molecule has 0 spiro atoms. The summed E-state index contributed by atoms with van der Waals surface area (Å²) in [6.07, 6.45) is 14.4. The molecule has 1 unspecified atom stereocenters. The van der Waals surface area contributed by atoms with Crippen LogP contribution in [0.4, 0.5) is 0 Å². The number of rotatable bonds is 18. The Balaban J connectivity index is -0.000000653. The fraction of sp³-hybridized carbons (Fsp3) is 0.792.